The summed E-state index contributed by atoms with van der Waals surface area (Å²) in [6.07, 6.45) is -0.652. The fourth-order valence-corrected chi connectivity index (χ4v) is 4.08. The highest BCUT2D eigenvalue weighted by Gasteiger charge is 2.20. The number of hydrogen-bond donors (Lipinski definition) is 0. The predicted molar refractivity (Wildman–Crippen MR) is 136 cm³/mol. The van der Waals surface area contributed by atoms with Gasteiger partial charge in [0.15, 0.2) is 0 Å². The highest BCUT2D eigenvalue weighted by molar-refractivity contribution is 5.60. The minimum absolute atomic E-state index is 0.0589. The lowest BCUT2D eigenvalue weighted by Crippen LogP contribution is -2.18. The monoisotopic (exact) mass is 450 g/mol. The molecule has 0 aromatic heterocycles. The lowest BCUT2D eigenvalue weighted by Gasteiger charge is -2.20. The van der Waals surface area contributed by atoms with Crippen molar-refractivity contribution in [2.75, 3.05) is 13.2 Å². The number of hydrogen-bond acceptors (Lipinski definition) is 3. The van der Waals surface area contributed by atoms with Crippen molar-refractivity contribution in [2.24, 2.45) is 0 Å². The van der Waals surface area contributed by atoms with Gasteiger partial charge in [-0.25, -0.2) is 4.79 Å². The quantitative estimate of drug-likeness (QED) is 0.262. The van der Waals surface area contributed by atoms with Gasteiger partial charge in [-0.05, 0) is 36.1 Å². The molecule has 0 heterocycles. The molecule has 2 atom stereocenters. The van der Waals surface area contributed by atoms with Gasteiger partial charge in [-0.2, -0.15) is 0 Å². The van der Waals surface area contributed by atoms with E-state index in [1.54, 1.807) is 0 Å². The lowest BCUT2D eigenvalue weighted by molar-refractivity contribution is 0.0511. The number of ether oxygens (including phenoxy) is 2. The van der Waals surface area contributed by atoms with Crippen LogP contribution in [0.1, 0.15) is 45.2 Å². The predicted octanol–water partition coefficient (Wildman–Crippen LogP) is 7.42. The van der Waals surface area contributed by atoms with Crippen molar-refractivity contribution in [2.45, 2.75) is 25.7 Å². The lowest BCUT2D eigenvalue weighted by atomic mass is 9.91. The van der Waals surface area contributed by atoms with E-state index in [0.29, 0.717) is 0 Å². The summed E-state index contributed by atoms with van der Waals surface area (Å²) >= 11 is 0. The molecule has 0 aliphatic rings. The van der Waals surface area contributed by atoms with Crippen LogP contribution in [0.15, 0.2) is 109 Å². The van der Waals surface area contributed by atoms with Crippen LogP contribution in [0.2, 0.25) is 0 Å². The Balaban J connectivity index is 1.44. The van der Waals surface area contributed by atoms with E-state index in [-0.39, 0.29) is 25.0 Å². The zero-order valence-corrected chi connectivity index (χ0v) is 19.7. The second-order valence-electron chi connectivity index (χ2n) is 8.62. The van der Waals surface area contributed by atoms with Gasteiger partial charge in [0, 0.05) is 11.8 Å². The Morgan fingerprint density at radius 1 is 0.529 bits per heavy atom. The average molecular weight is 451 g/mol. The highest BCUT2D eigenvalue weighted by atomic mass is 16.7. The molecular weight excluding hydrogens is 420 g/mol. The van der Waals surface area contributed by atoms with E-state index in [2.05, 4.69) is 86.6 Å². The summed E-state index contributed by atoms with van der Waals surface area (Å²) < 4.78 is 11.2. The SMILES string of the molecule is Cc1ccc(C(COC(=O)OCC(c2ccccc2)c2ccc(C)cc2)c2ccccc2)cc1. The van der Waals surface area contributed by atoms with Crippen LogP contribution in [0.5, 0.6) is 0 Å². The standard InChI is InChI=1S/C31H30O3/c1-23-13-17-27(18-14-23)29(25-9-5-3-6-10-25)21-33-31(32)34-22-30(26-11-7-4-8-12-26)28-19-15-24(2)16-20-28/h3-20,29-30H,21-22H2,1-2H3. The second kappa shape index (κ2) is 11.3. The molecule has 0 bridgehead atoms. The fraction of sp³-hybridized carbons (Fsp3) is 0.194. The number of carbonyl (C=O) groups excluding carboxylic acids is 1. The summed E-state index contributed by atoms with van der Waals surface area (Å²) in [5.41, 5.74) is 6.79. The topological polar surface area (TPSA) is 35.5 Å². The maximum Gasteiger partial charge on any atom is 0.508 e. The zero-order chi connectivity index (χ0) is 23.8. The number of carbonyl (C=O) groups is 1. The first-order valence-corrected chi connectivity index (χ1v) is 11.6. The molecule has 0 N–H and O–H groups in total. The third-order valence-corrected chi connectivity index (χ3v) is 6.10. The fourth-order valence-electron chi connectivity index (χ4n) is 4.08. The van der Waals surface area contributed by atoms with Gasteiger partial charge in [0.25, 0.3) is 0 Å². The van der Waals surface area contributed by atoms with Gasteiger partial charge in [-0.3, -0.25) is 0 Å². The van der Waals surface area contributed by atoms with Crippen molar-refractivity contribution in [3.05, 3.63) is 143 Å². The third-order valence-electron chi connectivity index (χ3n) is 6.10. The van der Waals surface area contributed by atoms with Gasteiger partial charge in [0.1, 0.15) is 13.2 Å². The third kappa shape index (κ3) is 6.14. The molecule has 0 saturated heterocycles. The van der Waals surface area contributed by atoms with Crippen LogP contribution in [0.3, 0.4) is 0 Å². The summed E-state index contributed by atoms with van der Waals surface area (Å²) in [6, 6.07) is 36.9. The summed E-state index contributed by atoms with van der Waals surface area (Å²) in [5, 5.41) is 0. The van der Waals surface area contributed by atoms with Crippen LogP contribution in [0, 0.1) is 13.8 Å². The van der Waals surface area contributed by atoms with Gasteiger partial charge in [0.05, 0.1) is 0 Å². The highest BCUT2D eigenvalue weighted by Crippen LogP contribution is 2.27. The first kappa shape index (κ1) is 23.3. The van der Waals surface area contributed by atoms with E-state index in [0.717, 1.165) is 22.3 Å². The largest absolute Gasteiger partial charge is 0.508 e. The molecule has 3 heteroatoms. The minimum Gasteiger partial charge on any atom is -0.433 e. The molecule has 2 unspecified atom stereocenters. The molecule has 0 spiro atoms. The smallest absolute Gasteiger partial charge is 0.433 e. The molecule has 0 aliphatic heterocycles. The van der Waals surface area contributed by atoms with Crippen LogP contribution < -0.4 is 0 Å². The van der Waals surface area contributed by atoms with Gasteiger partial charge >= 0.3 is 6.16 Å². The van der Waals surface area contributed by atoms with E-state index in [9.17, 15) is 4.79 Å². The molecule has 172 valence electrons. The molecular formula is C31H30O3. The normalized spacial score (nSPS) is 12.5. The van der Waals surface area contributed by atoms with E-state index < -0.39 is 6.16 Å². The first-order chi connectivity index (χ1) is 16.6. The zero-order valence-electron chi connectivity index (χ0n) is 19.7. The Morgan fingerprint density at radius 3 is 1.21 bits per heavy atom. The molecule has 3 nitrogen and oxygen atoms in total. The van der Waals surface area contributed by atoms with Crippen molar-refractivity contribution in [3.63, 3.8) is 0 Å². The number of rotatable bonds is 8. The Labute approximate surface area is 202 Å². The second-order valence-corrected chi connectivity index (χ2v) is 8.62. The van der Waals surface area contributed by atoms with Crippen molar-refractivity contribution in [1.82, 2.24) is 0 Å². The summed E-state index contributed by atoms with van der Waals surface area (Å²) in [7, 11) is 0. The maximum atomic E-state index is 12.6. The van der Waals surface area contributed by atoms with E-state index >= 15 is 0 Å². The Kier molecular flexibility index (Phi) is 7.77. The molecule has 34 heavy (non-hydrogen) atoms. The molecule has 4 rings (SSSR count). The molecule has 0 aliphatic carbocycles. The van der Waals surface area contributed by atoms with Gasteiger partial charge in [-0.15, -0.1) is 0 Å². The van der Waals surface area contributed by atoms with E-state index in [1.807, 2.05) is 36.4 Å². The Hall–Kier alpha value is -3.85. The molecule has 4 aromatic rings. The maximum absolute atomic E-state index is 12.6. The molecule has 0 saturated carbocycles. The van der Waals surface area contributed by atoms with Crippen LogP contribution in [-0.4, -0.2) is 19.4 Å². The first-order valence-electron chi connectivity index (χ1n) is 11.6. The Bertz CT molecular complexity index is 1070. The summed E-state index contributed by atoms with van der Waals surface area (Å²) in [6.45, 7) is 4.55. The number of aryl methyl sites for hydroxylation is 2. The van der Waals surface area contributed by atoms with Crippen LogP contribution >= 0.6 is 0 Å². The van der Waals surface area contributed by atoms with Crippen molar-refractivity contribution in [3.8, 4) is 0 Å². The minimum atomic E-state index is -0.652. The van der Waals surface area contributed by atoms with Crippen molar-refractivity contribution in [1.29, 1.82) is 0 Å². The summed E-state index contributed by atoms with van der Waals surface area (Å²) in [4.78, 5) is 12.6. The van der Waals surface area contributed by atoms with Crippen LogP contribution in [0.25, 0.3) is 0 Å². The van der Waals surface area contributed by atoms with Crippen LogP contribution in [0.4, 0.5) is 4.79 Å². The Morgan fingerprint density at radius 2 is 0.853 bits per heavy atom. The molecule has 4 aromatic carbocycles. The number of benzene rings is 4. The average Bonchev–Trinajstić information content (AvgIpc) is 2.87. The molecule has 0 radical (unpaired) electrons. The van der Waals surface area contributed by atoms with Gasteiger partial charge < -0.3 is 9.47 Å². The van der Waals surface area contributed by atoms with Gasteiger partial charge in [0.2, 0.25) is 0 Å². The summed E-state index contributed by atoms with van der Waals surface area (Å²) in [5.74, 6) is -0.118. The van der Waals surface area contributed by atoms with E-state index in [1.165, 1.54) is 11.1 Å². The van der Waals surface area contributed by atoms with Gasteiger partial charge in [-0.1, -0.05) is 120 Å². The van der Waals surface area contributed by atoms with Crippen LogP contribution in [-0.2, 0) is 9.47 Å². The molecule has 0 fully saturated rings. The van der Waals surface area contributed by atoms with Crippen molar-refractivity contribution < 1.29 is 14.3 Å². The molecule has 0 amide bonds. The van der Waals surface area contributed by atoms with Crippen molar-refractivity contribution >= 4 is 6.16 Å². The van der Waals surface area contributed by atoms with E-state index in [4.69, 9.17) is 9.47 Å².